The Hall–Kier alpha value is -1.53. The number of hydrogen-bond donors (Lipinski definition) is 2. The smallest absolute Gasteiger partial charge is 0.149 e. The number of anilines is 2. The second kappa shape index (κ2) is 5.63. The molecule has 0 radical (unpaired) electrons. The van der Waals surface area contributed by atoms with Crippen molar-refractivity contribution in [3.63, 3.8) is 0 Å². The van der Waals surface area contributed by atoms with E-state index in [2.05, 4.69) is 21.2 Å². The van der Waals surface area contributed by atoms with E-state index in [0.717, 1.165) is 10.5 Å². The molecule has 0 saturated carbocycles. The molecule has 2 aromatic rings. The standard InChI is InChI=1S/C13H9BrF2N2S/c14-7-1-3-9(13(17)19)12(5-7)18-11-4-2-8(15)6-10(11)16/h1-6,18H,(H2,17,19). The van der Waals surface area contributed by atoms with E-state index in [0.29, 0.717) is 11.3 Å². The van der Waals surface area contributed by atoms with Crippen molar-refractivity contribution in [3.05, 3.63) is 58.1 Å². The van der Waals surface area contributed by atoms with E-state index >= 15 is 0 Å². The Morgan fingerprint density at radius 1 is 1.11 bits per heavy atom. The summed E-state index contributed by atoms with van der Waals surface area (Å²) in [4.78, 5) is 0.192. The Morgan fingerprint density at radius 2 is 1.84 bits per heavy atom. The zero-order valence-corrected chi connectivity index (χ0v) is 12.0. The largest absolute Gasteiger partial charge is 0.389 e. The first-order valence-corrected chi connectivity index (χ1v) is 6.49. The van der Waals surface area contributed by atoms with Gasteiger partial charge in [0, 0.05) is 21.8 Å². The van der Waals surface area contributed by atoms with Crippen LogP contribution in [0.2, 0.25) is 0 Å². The topological polar surface area (TPSA) is 38.0 Å². The van der Waals surface area contributed by atoms with Gasteiger partial charge < -0.3 is 11.1 Å². The van der Waals surface area contributed by atoms with Crippen LogP contribution in [0.1, 0.15) is 5.56 Å². The van der Waals surface area contributed by atoms with Gasteiger partial charge in [-0.2, -0.15) is 0 Å². The Kier molecular flexibility index (Phi) is 4.11. The van der Waals surface area contributed by atoms with Gasteiger partial charge in [-0.25, -0.2) is 8.78 Å². The van der Waals surface area contributed by atoms with Gasteiger partial charge >= 0.3 is 0 Å². The maximum atomic E-state index is 13.6. The minimum Gasteiger partial charge on any atom is -0.389 e. The van der Waals surface area contributed by atoms with Gasteiger partial charge in [0.15, 0.2) is 0 Å². The van der Waals surface area contributed by atoms with Crippen LogP contribution in [0, 0.1) is 11.6 Å². The minimum atomic E-state index is -0.686. The quantitative estimate of drug-likeness (QED) is 0.824. The van der Waals surface area contributed by atoms with Crippen LogP contribution in [0.25, 0.3) is 0 Å². The average molecular weight is 343 g/mol. The lowest BCUT2D eigenvalue weighted by molar-refractivity contribution is 0.586. The monoisotopic (exact) mass is 342 g/mol. The van der Waals surface area contributed by atoms with Crippen LogP contribution in [-0.2, 0) is 0 Å². The SMILES string of the molecule is NC(=S)c1ccc(Br)cc1Nc1ccc(F)cc1F. The molecule has 2 aromatic carbocycles. The molecule has 0 aliphatic rings. The molecular formula is C13H9BrF2N2S. The summed E-state index contributed by atoms with van der Waals surface area (Å²) >= 11 is 8.24. The Morgan fingerprint density at radius 3 is 2.47 bits per heavy atom. The molecule has 2 nitrogen and oxygen atoms in total. The molecule has 0 saturated heterocycles. The summed E-state index contributed by atoms with van der Waals surface area (Å²) in [5.74, 6) is -1.32. The lowest BCUT2D eigenvalue weighted by Crippen LogP contribution is -2.12. The van der Waals surface area contributed by atoms with Crippen LogP contribution in [0.3, 0.4) is 0 Å². The molecule has 3 N–H and O–H groups in total. The van der Waals surface area contributed by atoms with Crippen LogP contribution in [-0.4, -0.2) is 4.99 Å². The third-order valence-corrected chi connectivity index (χ3v) is 3.16. The number of halogens is 3. The van der Waals surface area contributed by atoms with Crippen molar-refractivity contribution in [2.45, 2.75) is 0 Å². The molecule has 0 heterocycles. The highest BCUT2D eigenvalue weighted by Crippen LogP contribution is 2.26. The van der Waals surface area contributed by atoms with E-state index in [-0.39, 0.29) is 10.7 Å². The van der Waals surface area contributed by atoms with Crippen LogP contribution >= 0.6 is 28.1 Å². The molecule has 0 amide bonds. The van der Waals surface area contributed by atoms with Crippen molar-refractivity contribution in [3.8, 4) is 0 Å². The van der Waals surface area contributed by atoms with E-state index < -0.39 is 11.6 Å². The molecule has 0 aliphatic heterocycles. The molecule has 98 valence electrons. The van der Waals surface area contributed by atoms with Crippen molar-refractivity contribution < 1.29 is 8.78 Å². The highest BCUT2D eigenvalue weighted by atomic mass is 79.9. The van der Waals surface area contributed by atoms with Crippen molar-refractivity contribution in [2.75, 3.05) is 5.32 Å². The lowest BCUT2D eigenvalue weighted by atomic mass is 10.1. The van der Waals surface area contributed by atoms with Gasteiger partial charge in [-0.15, -0.1) is 0 Å². The fraction of sp³-hybridized carbons (Fsp3) is 0. The van der Waals surface area contributed by atoms with Gasteiger partial charge in [-0.05, 0) is 30.3 Å². The van der Waals surface area contributed by atoms with E-state index in [9.17, 15) is 8.78 Å². The number of rotatable bonds is 3. The average Bonchev–Trinajstić information content (AvgIpc) is 2.32. The Bertz CT molecular complexity index is 647. The third kappa shape index (κ3) is 3.27. The minimum absolute atomic E-state index is 0.150. The predicted octanol–water partition coefficient (Wildman–Crippen LogP) is 4.11. The number of thiocarbonyl (C=S) groups is 1. The molecule has 0 bridgehead atoms. The third-order valence-electron chi connectivity index (χ3n) is 2.45. The van der Waals surface area contributed by atoms with Crippen molar-refractivity contribution in [1.82, 2.24) is 0 Å². The van der Waals surface area contributed by atoms with E-state index in [1.54, 1.807) is 18.2 Å². The van der Waals surface area contributed by atoms with Crippen LogP contribution in [0.4, 0.5) is 20.2 Å². The molecule has 0 spiro atoms. The molecule has 0 unspecified atom stereocenters. The molecule has 6 heteroatoms. The summed E-state index contributed by atoms with van der Waals surface area (Å²) in [6.07, 6.45) is 0. The van der Waals surface area contributed by atoms with E-state index in [4.69, 9.17) is 18.0 Å². The van der Waals surface area contributed by atoms with Gasteiger partial charge in [-0.3, -0.25) is 0 Å². The summed E-state index contributed by atoms with van der Waals surface area (Å²) in [7, 11) is 0. The molecule has 2 rings (SSSR count). The molecule has 0 aliphatic carbocycles. The summed E-state index contributed by atoms with van der Waals surface area (Å²) in [5, 5.41) is 2.85. The fourth-order valence-corrected chi connectivity index (χ4v) is 2.11. The maximum absolute atomic E-state index is 13.6. The molecule has 19 heavy (non-hydrogen) atoms. The zero-order chi connectivity index (χ0) is 14.0. The van der Waals surface area contributed by atoms with Crippen LogP contribution in [0.15, 0.2) is 40.9 Å². The first-order valence-electron chi connectivity index (χ1n) is 5.29. The highest BCUT2D eigenvalue weighted by molar-refractivity contribution is 9.10. The number of nitrogens with two attached hydrogens (primary N) is 1. The van der Waals surface area contributed by atoms with E-state index in [1.165, 1.54) is 12.1 Å². The van der Waals surface area contributed by atoms with E-state index in [1.807, 2.05) is 0 Å². The first-order chi connectivity index (χ1) is 8.97. The summed E-state index contributed by atoms with van der Waals surface area (Å²) in [6, 6.07) is 8.51. The first kappa shape index (κ1) is 13.9. The number of nitrogens with one attached hydrogen (secondary N) is 1. The Labute approximate surface area is 122 Å². The number of hydrogen-bond acceptors (Lipinski definition) is 2. The highest BCUT2D eigenvalue weighted by Gasteiger charge is 2.09. The van der Waals surface area contributed by atoms with Gasteiger partial charge in [0.1, 0.15) is 16.6 Å². The second-order valence-corrected chi connectivity index (χ2v) is 5.16. The van der Waals surface area contributed by atoms with Crippen LogP contribution < -0.4 is 11.1 Å². The van der Waals surface area contributed by atoms with Crippen molar-refractivity contribution >= 4 is 44.5 Å². The summed E-state index contributed by atoms with van der Waals surface area (Å²) in [5.41, 5.74) is 6.89. The molecule has 0 atom stereocenters. The van der Waals surface area contributed by atoms with Gasteiger partial charge in [-0.1, -0.05) is 28.1 Å². The molecular weight excluding hydrogens is 334 g/mol. The summed E-state index contributed by atoms with van der Waals surface area (Å²) in [6.45, 7) is 0. The summed E-state index contributed by atoms with van der Waals surface area (Å²) < 4.78 is 27.2. The van der Waals surface area contributed by atoms with Crippen LogP contribution in [0.5, 0.6) is 0 Å². The predicted molar refractivity (Wildman–Crippen MR) is 79.7 cm³/mol. The van der Waals surface area contributed by atoms with Gasteiger partial charge in [0.05, 0.1) is 5.69 Å². The fourth-order valence-electron chi connectivity index (χ4n) is 1.57. The molecule has 0 aromatic heterocycles. The second-order valence-electron chi connectivity index (χ2n) is 3.80. The zero-order valence-electron chi connectivity index (χ0n) is 9.58. The van der Waals surface area contributed by atoms with Gasteiger partial charge in [0.2, 0.25) is 0 Å². The maximum Gasteiger partial charge on any atom is 0.149 e. The Balaban J connectivity index is 2.42. The molecule has 0 fully saturated rings. The lowest BCUT2D eigenvalue weighted by Gasteiger charge is -2.12. The normalized spacial score (nSPS) is 10.3. The van der Waals surface area contributed by atoms with Crippen molar-refractivity contribution in [1.29, 1.82) is 0 Å². The van der Waals surface area contributed by atoms with Gasteiger partial charge in [0.25, 0.3) is 0 Å². The number of benzene rings is 2. The van der Waals surface area contributed by atoms with Crippen molar-refractivity contribution in [2.24, 2.45) is 5.73 Å².